The van der Waals surface area contributed by atoms with Crippen LogP contribution in [0.5, 0.6) is 0 Å². The lowest BCUT2D eigenvalue weighted by Gasteiger charge is -2.38. The molecule has 2 saturated heterocycles. The molecule has 11 heteroatoms. The van der Waals surface area contributed by atoms with Crippen molar-refractivity contribution >= 4 is 29.7 Å². The number of fused-ring (bicyclic) bond motifs is 1. The Balaban J connectivity index is 1.81. The Morgan fingerprint density at radius 1 is 1.13 bits per heavy atom. The van der Waals surface area contributed by atoms with Crippen LogP contribution in [0.3, 0.4) is 0 Å². The molecule has 3 fully saturated rings. The third-order valence-electron chi connectivity index (χ3n) is 8.11. The molecule has 1 saturated carbocycles. The molecule has 2 heterocycles. The van der Waals surface area contributed by atoms with Crippen LogP contribution in [0, 0.1) is 28.6 Å². The van der Waals surface area contributed by atoms with Gasteiger partial charge in [0.25, 0.3) is 0 Å². The lowest BCUT2D eigenvalue weighted by Crippen LogP contribution is -2.61. The van der Waals surface area contributed by atoms with E-state index in [1.807, 2.05) is 20.8 Å². The van der Waals surface area contributed by atoms with Gasteiger partial charge < -0.3 is 31.3 Å². The summed E-state index contributed by atoms with van der Waals surface area (Å²) in [6, 6.07) is -2.80. The van der Waals surface area contributed by atoms with Gasteiger partial charge in [0.1, 0.15) is 23.7 Å². The van der Waals surface area contributed by atoms with E-state index in [9.17, 15) is 24.0 Å². The van der Waals surface area contributed by atoms with Crippen molar-refractivity contribution in [3.63, 3.8) is 0 Å². The van der Waals surface area contributed by atoms with Crippen molar-refractivity contribution in [3.8, 4) is 0 Å². The van der Waals surface area contributed by atoms with Crippen molar-refractivity contribution in [1.82, 2.24) is 20.9 Å². The Morgan fingerprint density at radius 2 is 1.76 bits per heavy atom. The number of nitrogens with one attached hydrogen (secondary N) is 3. The number of nitrogens with two attached hydrogens (primary N) is 1. The molecule has 0 bridgehead atoms. The Kier molecular flexibility index (Phi) is 8.11. The number of hydrogen-bond acceptors (Lipinski definition) is 6. The average molecular weight is 536 g/mol. The summed E-state index contributed by atoms with van der Waals surface area (Å²) >= 11 is 0. The van der Waals surface area contributed by atoms with Crippen molar-refractivity contribution in [2.75, 3.05) is 13.1 Å². The first-order chi connectivity index (χ1) is 17.3. The van der Waals surface area contributed by atoms with Gasteiger partial charge in [0.15, 0.2) is 0 Å². The molecular weight excluding hydrogens is 490 g/mol. The first-order valence-electron chi connectivity index (χ1n) is 13.5. The first kappa shape index (κ1) is 29.7. The van der Waals surface area contributed by atoms with Crippen LogP contribution in [0.2, 0.25) is 0 Å². The Hall–Kier alpha value is -2.85. The molecule has 11 nitrogen and oxygen atoms in total. The van der Waals surface area contributed by atoms with E-state index in [0.717, 1.165) is 6.42 Å². The molecule has 0 aromatic heterocycles. The number of nitrogens with zero attached hydrogens (tertiary/aromatic N) is 1. The van der Waals surface area contributed by atoms with Gasteiger partial charge in [-0.1, -0.05) is 34.6 Å². The highest BCUT2D eigenvalue weighted by Gasteiger charge is 2.70. The number of carbonyl (C=O) groups is 5. The second-order valence-corrected chi connectivity index (χ2v) is 13.7. The van der Waals surface area contributed by atoms with Crippen molar-refractivity contribution < 1.29 is 28.7 Å². The van der Waals surface area contributed by atoms with Crippen LogP contribution in [0.4, 0.5) is 4.79 Å². The normalized spacial score (nSPS) is 27.9. The SMILES string of the molecule is CC(C)(C)OC(=O)N[C@H](C(=O)N1C[C@H]2[C@@H]([C@H]1C(=O)N[C@@H](C[C@@H]1CCCNC1=O)C(N)=O)C2(C)C)C(C)(C)C. The van der Waals surface area contributed by atoms with Gasteiger partial charge in [-0.05, 0) is 62.7 Å². The van der Waals surface area contributed by atoms with Gasteiger partial charge in [-0.15, -0.1) is 0 Å². The fourth-order valence-electron chi connectivity index (χ4n) is 5.90. The zero-order valence-corrected chi connectivity index (χ0v) is 24.0. The maximum atomic E-state index is 13.9. The van der Waals surface area contributed by atoms with Gasteiger partial charge in [0.2, 0.25) is 23.6 Å². The second-order valence-electron chi connectivity index (χ2n) is 13.7. The maximum Gasteiger partial charge on any atom is 0.408 e. The molecular formula is C27H45N5O6. The van der Waals surface area contributed by atoms with Gasteiger partial charge in [0.05, 0.1) is 0 Å². The Bertz CT molecular complexity index is 981. The van der Waals surface area contributed by atoms with Gasteiger partial charge in [0, 0.05) is 19.0 Å². The zero-order valence-electron chi connectivity index (χ0n) is 24.0. The molecule has 0 aromatic rings. The Labute approximate surface area is 225 Å². The lowest BCUT2D eigenvalue weighted by atomic mass is 9.85. The summed E-state index contributed by atoms with van der Waals surface area (Å²) in [5.41, 5.74) is 4.06. The summed E-state index contributed by atoms with van der Waals surface area (Å²) < 4.78 is 5.39. The molecule has 6 atom stereocenters. The van der Waals surface area contributed by atoms with E-state index in [4.69, 9.17) is 10.5 Å². The zero-order chi connectivity index (χ0) is 28.8. The Morgan fingerprint density at radius 3 is 2.29 bits per heavy atom. The highest BCUT2D eigenvalue weighted by atomic mass is 16.6. The van der Waals surface area contributed by atoms with Crippen LogP contribution in [0.15, 0.2) is 0 Å². The van der Waals surface area contributed by atoms with E-state index in [2.05, 4.69) is 29.8 Å². The number of alkyl carbamates (subject to hydrolysis) is 1. The molecule has 5 amide bonds. The number of piperidine rings is 2. The van der Waals surface area contributed by atoms with Crippen molar-refractivity contribution in [2.45, 2.75) is 98.4 Å². The van der Waals surface area contributed by atoms with Crippen molar-refractivity contribution in [1.29, 1.82) is 0 Å². The molecule has 0 radical (unpaired) electrons. The van der Waals surface area contributed by atoms with Gasteiger partial charge in [-0.3, -0.25) is 19.2 Å². The highest BCUT2D eigenvalue weighted by Crippen LogP contribution is 2.65. The molecule has 3 aliphatic rings. The summed E-state index contributed by atoms with van der Waals surface area (Å²) in [6.45, 7) is 15.8. The minimum atomic E-state index is -1.03. The van der Waals surface area contributed by atoms with E-state index in [-0.39, 0.29) is 35.5 Å². The number of hydrogen-bond donors (Lipinski definition) is 4. The predicted molar refractivity (Wildman–Crippen MR) is 140 cm³/mol. The molecule has 0 spiro atoms. The average Bonchev–Trinajstić information content (AvgIpc) is 3.10. The summed E-state index contributed by atoms with van der Waals surface area (Å²) in [5.74, 6) is -2.13. The fourth-order valence-corrected chi connectivity index (χ4v) is 5.90. The van der Waals surface area contributed by atoms with Crippen LogP contribution in [0.1, 0.15) is 74.7 Å². The van der Waals surface area contributed by atoms with E-state index in [1.165, 1.54) is 4.90 Å². The molecule has 0 unspecified atom stereocenters. The lowest BCUT2D eigenvalue weighted by molar-refractivity contribution is -0.144. The van der Waals surface area contributed by atoms with E-state index < -0.39 is 53.0 Å². The number of likely N-dealkylation sites (tertiary alicyclic amines) is 1. The maximum absolute atomic E-state index is 13.9. The van der Waals surface area contributed by atoms with Gasteiger partial charge >= 0.3 is 6.09 Å². The fraction of sp³-hybridized carbons (Fsp3) is 0.815. The molecule has 3 rings (SSSR count). The van der Waals surface area contributed by atoms with Crippen LogP contribution in [-0.2, 0) is 23.9 Å². The standard InChI is InChI=1S/C27H45N5O6/c1-25(2,3)19(31-24(37)38-26(4,5)6)23(36)32-13-15-17(27(15,7)8)18(32)22(35)30-16(20(28)33)12-14-10-9-11-29-21(14)34/h14-19H,9-13H2,1-8H3,(H2,28,33)(H,29,34)(H,30,35)(H,31,37)/t14-,15-,16-,17-,18-,19+/m0/s1. The number of rotatable bonds is 7. The molecule has 214 valence electrons. The monoisotopic (exact) mass is 535 g/mol. The minimum absolute atomic E-state index is 0.0971. The molecule has 2 aliphatic heterocycles. The van der Waals surface area contributed by atoms with E-state index in [0.29, 0.717) is 19.5 Å². The van der Waals surface area contributed by atoms with Crippen LogP contribution >= 0.6 is 0 Å². The summed E-state index contributed by atoms with van der Waals surface area (Å²) in [7, 11) is 0. The molecule has 0 aromatic carbocycles. The first-order valence-corrected chi connectivity index (χ1v) is 13.5. The molecule has 38 heavy (non-hydrogen) atoms. The van der Waals surface area contributed by atoms with Gasteiger partial charge in [-0.25, -0.2) is 4.79 Å². The minimum Gasteiger partial charge on any atom is -0.444 e. The number of amides is 5. The quantitative estimate of drug-likeness (QED) is 0.384. The number of primary amides is 1. The summed E-state index contributed by atoms with van der Waals surface area (Å²) in [4.78, 5) is 66.2. The van der Waals surface area contributed by atoms with Gasteiger partial charge in [-0.2, -0.15) is 0 Å². The van der Waals surface area contributed by atoms with Crippen molar-refractivity contribution in [2.24, 2.45) is 34.3 Å². The number of ether oxygens (including phenoxy) is 1. The van der Waals surface area contributed by atoms with E-state index in [1.54, 1.807) is 20.8 Å². The largest absolute Gasteiger partial charge is 0.444 e. The van der Waals surface area contributed by atoms with E-state index >= 15 is 0 Å². The summed E-state index contributed by atoms with van der Waals surface area (Å²) in [6.07, 6.45) is 0.796. The van der Waals surface area contributed by atoms with Crippen LogP contribution < -0.4 is 21.7 Å². The summed E-state index contributed by atoms with van der Waals surface area (Å²) in [5, 5.41) is 8.26. The molecule has 5 N–H and O–H groups in total. The third kappa shape index (κ3) is 6.40. The number of carbonyl (C=O) groups excluding carboxylic acids is 5. The van der Waals surface area contributed by atoms with Crippen LogP contribution in [0.25, 0.3) is 0 Å². The third-order valence-corrected chi connectivity index (χ3v) is 8.11. The van der Waals surface area contributed by atoms with Crippen LogP contribution in [-0.4, -0.2) is 71.4 Å². The smallest absolute Gasteiger partial charge is 0.408 e. The predicted octanol–water partition coefficient (Wildman–Crippen LogP) is 1.30. The molecule has 1 aliphatic carbocycles. The second kappa shape index (κ2) is 10.4. The highest BCUT2D eigenvalue weighted by molar-refractivity contribution is 5.95. The topological polar surface area (TPSA) is 160 Å². The van der Waals surface area contributed by atoms with Crippen molar-refractivity contribution in [3.05, 3.63) is 0 Å².